The maximum Gasteiger partial charge on any atom is 0.219 e. The molecule has 1 aliphatic rings. The van der Waals surface area contributed by atoms with Crippen LogP contribution in [0.25, 0.3) is 0 Å². The summed E-state index contributed by atoms with van der Waals surface area (Å²) in [4.78, 5) is 13.0. The second kappa shape index (κ2) is 3.92. The summed E-state index contributed by atoms with van der Waals surface area (Å²) in [7, 11) is 0. The molecule has 0 aromatic carbocycles. The molecule has 1 saturated heterocycles. The van der Waals surface area contributed by atoms with Gasteiger partial charge in [0.1, 0.15) is 0 Å². The number of hydrogen-bond acceptors (Lipinski definition) is 1. The Morgan fingerprint density at radius 1 is 1.58 bits per heavy atom. The normalized spacial score (nSPS) is 23.7. The van der Waals surface area contributed by atoms with E-state index in [2.05, 4.69) is 13.8 Å². The van der Waals surface area contributed by atoms with E-state index in [1.54, 1.807) is 6.92 Å². The minimum atomic E-state index is 0.237. The van der Waals surface area contributed by atoms with Crippen molar-refractivity contribution in [1.29, 1.82) is 0 Å². The molecule has 1 fully saturated rings. The predicted octanol–water partition coefficient (Wildman–Crippen LogP) is 1.90. The lowest BCUT2D eigenvalue weighted by Crippen LogP contribution is -2.25. The third-order valence-electron chi connectivity index (χ3n) is 2.54. The lowest BCUT2D eigenvalue weighted by Gasteiger charge is -2.14. The van der Waals surface area contributed by atoms with Gasteiger partial charge in [0.15, 0.2) is 0 Å². The van der Waals surface area contributed by atoms with Crippen LogP contribution in [0, 0.1) is 11.8 Å². The number of likely N-dealkylation sites (tertiary alicyclic amines) is 1. The molecule has 2 nitrogen and oxygen atoms in total. The van der Waals surface area contributed by atoms with Crippen LogP contribution >= 0.6 is 0 Å². The zero-order valence-corrected chi connectivity index (χ0v) is 8.34. The van der Waals surface area contributed by atoms with Gasteiger partial charge in [-0.05, 0) is 24.7 Å². The standard InChI is InChI=1S/C10H19NO/c1-8(2)6-10-4-5-11(7-10)9(3)12/h8,10H,4-7H2,1-3H3/t10-/m1/s1. The van der Waals surface area contributed by atoms with E-state index in [1.807, 2.05) is 4.90 Å². The number of nitrogens with zero attached hydrogens (tertiary/aromatic N) is 1. The van der Waals surface area contributed by atoms with E-state index in [1.165, 1.54) is 12.8 Å². The Morgan fingerprint density at radius 3 is 2.67 bits per heavy atom. The van der Waals surface area contributed by atoms with Gasteiger partial charge in [-0.3, -0.25) is 4.79 Å². The van der Waals surface area contributed by atoms with Crippen molar-refractivity contribution in [3.05, 3.63) is 0 Å². The Kier molecular flexibility index (Phi) is 3.12. The van der Waals surface area contributed by atoms with Crippen molar-refractivity contribution in [1.82, 2.24) is 4.90 Å². The first-order chi connectivity index (χ1) is 5.59. The van der Waals surface area contributed by atoms with Gasteiger partial charge in [-0.25, -0.2) is 0 Å². The van der Waals surface area contributed by atoms with Crippen molar-refractivity contribution in [3.63, 3.8) is 0 Å². The first-order valence-corrected chi connectivity index (χ1v) is 4.85. The van der Waals surface area contributed by atoms with Gasteiger partial charge in [0.25, 0.3) is 0 Å². The molecule has 0 bridgehead atoms. The van der Waals surface area contributed by atoms with Crippen molar-refractivity contribution in [2.45, 2.75) is 33.6 Å². The molecular formula is C10H19NO. The molecule has 1 atom stereocenters. The van der Waals surface area contributed by atoms with E-state index in [4.69, 9.17) is 0 Å². The molecule has 12 heavy (non-hydrogen) atoms. The molecule has 2 heteroatoms. The summed E-state index contributed by atoms with van der Waals surface area (Å²) in [5.41, 5.74) is 0. The van der Waals surface area contributed by atoms with Crippen molar-refractivity contribution in [2.24, 2.45) is 11.8 Å². The average molecular weight is 169 g/mol. The topological polar surface area (TPSA) is 20.3 Å². The smallest absolute Gasteiger partial charge is 0.219 e. The molecule has 0 saturated carbocycles. The molecule has 1 heterocycles. The van der Waals surface area contributed by atoms with Crippen LogP contribution < -0.4 is 0 Å². The van der Waals surface area contributed by atoms with Gasteiger partial charge in [0, 0.05) is 20.0 Å². The molecular weight excluding hydrogens is 150 g/mol. The highest BCUT2D eigenvalue weighted by Crippen LogP contribution is 2.22. The lowest BCUT2D eigenvalue weighted by atomic mass is 9.97. The van der Waals surface area contributed by atoms with Crippen LogP contribution in [-0.2, 0) is 4.79 Å². The van der Waals surface area contributed by atoms with Crippen LogP contribution in [0.3, 0.4) is 0 Å². The maximum atomic E-state index is 11.0. The Balaban J connectivity index is 2.30. The van der Waals surface area contributed by atoms with Gasteiger partial charge < -0.3 is 4.90 Å². The summed E-state index contributed by atoms with van der Waals surface area (Å²) < 4.78 is 0. The fourth-order valence-electron chi connectivity index (χ4n) is 1.98. The number of hydrogen-bond donors (Lipinski definition) is 0. The first-order valence-electron chi connectivity index (χ1n) is 4.85. The van der Waals surface area contributed by atoms with Gasteiger partial charge in [0.05, 0.1) is 0 Å². The van der Waals surface area contributed by atoms with Crippen LogP contribution in [-0.4, -0.2) is 23.9 Å². The van der Waals surface area contributed by atoms with Crippen LogP contribution in [0.2, 0.25) is 0 Å². The molecule has 1 rings (SSSR count). The third-order valence-corrected chi connectivity index (χ3v) is 2.54. The lowest BCUT2D eigenvalue weighted by molar-refractivity contribution is -0.127. The Bertz CT molecular complexity index is 165. The van der Waals surface area contributed by atoms with Crippen LogP contribution in [0.15, 0.2) is 0 Å². The van der Waals surface area contributed by atoms with E-state index < -0.39 is 0 Å². The molecule has 0 aromatic heterocycles. The van der Waals surface area contributed by atoms with Crippen molar-refractivity contribution < 1.29 is 4.79 Å². The van der Waals surface area contributed by atoms with E-state index in [9.17, 15) is 4.79 Å². The van der Waals surface area contributed by atoms with Crippen LogP contribution in [0.5, 0.6) is 0 Å². The van der Waals surface area contributed by atoms with Gasteiger partial charge >= 0.3 is 0 Å². The summed E-state index contributed by atoms with van der Waals surface area (Å²) in [6, 6.07) is 0. The highest BCUT2D eigenvalue weighted by Gasteiger charge is 2.24. The predicted molar refractivity (Wildman–Crippen MR) is 49.8 cm³/mol. The highest BCUT2D eigenvalue weighted by molar-refractivity contribution is 5.73. The van der Waals surface area contributed by atoms with E-state index >= 15 is 0 Å². The van der Waals surface area contributed by atoms with Crippen molar-refractivity contribution >= 4 is 5.91 Å². The second-order valence-corrected chi connectivity index (χ2v) is 4.25. The van der Waals surface area contributed by atoms with Gasteiger partial charge in [0.2, 0.25) is 5.91 Å². The second-order valence-electron chi connectivity index (χ2n) is 4.25. The number of carbonyl (C=O) groups excluding carboxylic acids is 1. The molecule has 0 unspecified atom stereocenters. The Morgan fingerprint density at radius 2 is 2.25 bits per heavy atom. The monoisotopic (exact) mass is 169 g/mol. The molecule has 0 spiro atoms. The van der Waals surface area contributed by atoms with Crippen LogP contribution in [0.1, 0.15) is 33.6 Å². The van der Waals surface area contributed by atoms with Crippen molar-refractivity contribution in [3.8, 4) is 0 Å². The number of rotatable bonds is 2. The molecule has 0 aliphatic carbocycles. The Labute approximate surface area is 74.9 Å². The molecule has 1 amide bonds. The maximum absolute atomic E-state index is 11.0. The number of amides is 1. The average Bonchev–Trinajstić information content (AvgIpc) is 2.34. The van der Waals surface area contributed by atoms with Gasteiger partial charge in [-0.2, -0.15) is 0 Å². The summed E-state index contributed by atoms with van der Waals surface area (Å²) >= 11 is 0. The van der Waals surface area contributed by atoms with Crippen molar-refractivity contribution in [2.75, 3.05) is 13.1 Å². The minimum absolute atomic E-state index is 0.237. The summed E-state index contributed by atoms with van der Waals surface area (Å²) in [5, 5.41) is 0. The molecule has 1 aliphatic heterocycles. The molecule has 0 radical (unpaired) electrons. The zero-order chi connectivity index (χ0) is 9.14. The minimum Gasteiger partial charge on any atom is -0.343 e. The van der Waals surface area contributed by atoms with Crippen LogP contribution in [0.4, 0.5) is 0 Å². The largest absolute Gasteiger partial charge is 0.343 e. The third kappa shape index (κ3) is 2.50. The summed E-state index contributed by atoms with van der Waals surface area (Å²) in [5.74, 6) is 1.76. The number of carbonyl (C=O) groups is 1. The SMILES string of the molecule is CC(=O)N1CC[C@H](CC(C)C)C1. The molecule has 0 aromatic rings. The summed E-state index contributed by atoms with van der Waals surface area (Å²) in [6.07, 6.45) is 2.47. The van der Waals surface area contributed by atoms with E-state index in [0.717, 1.165) is 24.9 Å². The fraction of sp³-hybridized carbons (Fsp3) is 0.900. The first kappa shape index (κ1) is 9.56. The van der Waals surface area contributed by atoms with Gasteiger partial charge in [-0.1, -0.05) is 13.8 Å². The molecule has 0 N–H and O–H groups in total. The quantitative estimate of drug-likeness (QED) is 0.618. The summed E-state index contributed by atoms with van der Waals surface area (Å²) in [6.45, 7) is 8.13. The highest BCUT2D eigenvalue weighted by atomic mass is 16.2. The van der Waals surface area contributed by atoms with E-state index in [-0.39, 0.29) is 5.91 Å². The van der Waals surface area contributed by atoms with E-state index in [0.29, 0.717) is 0 Å². The Hall–Kier alpha value is -0.530. The van der Waals surface area contributed by atoms with Gasteiger partial charge in [-0.15, -0.1) is 0 Å². The fourth-order valence-corrected chi connectivity index (χ4v) is 1.98. The zero-order valence-electron chi connectivity index (χ0n) is 8.34. The molecule has 70 valence electrons.